The number of thioether (sulfide) groups is 2. The molecule has 0 radical (unpaired) electrons. The van der Waals surface area contributed by atoms with Crippen LogP contribution in [0.3, 0.4) is 0 Å². The van der Waals surface area contributed by atoms with Gasteiger partial charge in [-0.1, -0.05) is 0 Å². The Kier molecular flexibility index (Phi) is 4.82. The smallest absolute Gasteiger partial charge is 0.0641 e. The molecule has 3 nitrogen and oxygen atoms in total. The van der Waals surface area contributed by atoms with Crippen LogP contribution in [-0.4, -0.2) is 39.3 Å². The molecular weight excluding hydrogens is 250 g/mol. The van der Waals surface area contributed by atoms with Crippen LogP contribution in [0.2, 0.25) is 0 Å². The second-order valence-corrected chi connectivity index (χ2v) is 6.88. The maximum atomic E-state index is 4.27. The second kappa shape index (κ2) is 6.16. The standard InChI is InChI=1S/C12H21N3S2/c1-8(12-9(2)14-15-10(12)3)13-11-6-16-4-5-17-7-11/h8,11,13H,4-7H2,1-3H3,(H,14,15). The lowest BCUT2D eigenvalue weighted by Crippen LogP contribution is -2.35. The lowest BCUT2D eigenvalue weighted by molar-refractivity contribution is 0.513. The monoisotopic (exact) mass is 271 g/mol. The van der Waals surface area contributed by atoms with Crippen LogP contribution in [0.15, 0.2) is 0 Å². The molecule has 17 heavy (non-hydrogen) atoms. The van der Waals surface area contributed by atoms with Gasteiger partial charge < -0.3 is 5.32 Å². The van der Waals surface area contributed by atoms with E-state index in [1.54, 1.807) is 0 Å². The summed E-state index contributed by atoms with van der Waals surface area (Å²) in [7, 11) is 0. The van der Waals surface area contributed by atoms with E-state index in [1.165, 1.54) is 34.3 Å². The molecule has 2 N–H and O–H groups in total. The molecule has 1 aliphatic rings. The molecule has 5 heteroatoms. The molecular formula is C12H21N3S2. The van der Waals surface area contributed by atoms with Crippen molar-refractivity contribution in [2.45, 2.75) is 32.9 Å². The fourth-order valence-corrected chi connectivity index (χ4v) is 4.77. The summed E-state index contributed by atoms with van der Waals surface area (Å²) in [4.78, 5) is 0. The third kappa shape index (κ3) is 3.42. The normalized spacial score (nSPS) is 20.2. The van der Waals surface area contributed by atoms with Gasteiger partial charge in [0.25, 0.3) is 0 Å². The zero-order valence-electron chi connectivity index (χ0n) is 10.7. The molecule has 0 bridgehead atoms. The number of rotatable bonds is 3. The van der Waals surface area contributed by atoms with E-state index in [2.05, 4.69) is 59.8 Å². The Labute approximate surface area is 112 Å². The van der Waals surface area contributed by atoms with Crippen molar-refractivity contribution in [2.24, 2.45) is 0 Å². The zero-order chi connectivity index (χ0) is 12.3. The molecule has 1 saturated heterocycles. The minimum Gasteiger partial charge on any atom is -0.306 e. The molecule has 1 aliphatic heterocycles. The van der Waals surface area contributed by atoms with Gasteiger partial charge in [-0.15, -0.1) is 0 Å². The fourth-order valence-electron chi connectivity index (χ4n) is 2.35. The number of hydrogen-bond donors (Lipinski definition) is 2. The maximum Gasteiger partial charge on any atom is 0.0641 e. The number of aromatic amines is 1. The number of hydrogen-bond acceptors (Lipinski definition) is 4. The first kappa shape index (κ1) is 13.3. The second-order valence-electron chi connectivity index (χ2n) is 4.58. The van der Waals surface area contributed by atoms with Crippen molar-refractivity contribution in [2.75, 3.05) is 23.0 Å². The molecule has 1 fully saturated rings. The molecule has 0 spiro atoms. The fraction of sp³-hybridized carbons (Fsp3) is 0.750. The van der Waals surface area contributed by atoms with Crippen LogP contribution in [0, 0.1) is 13.8 Å². The number of H-pyrrole nitrogens is 1. The molecule has 1 aromatic heterocycles. The van der Waals surface area contributed by atoms with E-state index in [1.807, 2.05) is 0 Å². The molecule has 1 unspecified atom stereocenters. The van der Waals surface area contributed by atoms with Crippen molar-refractivity contribution in [1.82, 2.24) is 15.5 Å². The van der Waals surface area contributed by atoms with E-state index in [4.69, 9.17) is 0 Å². The summed E-state index contributed by atoms with van der Waals surface area (Å²) in [5.41, 5.74) is 3.65. The third-order valence-corrected chi connectivity index (χ3v) is 5.63. The number of nitrogens with zero attached hydrogens (tertiary/aromatic N) is 1. The van der Waals surface area contributed by atoms with Gasteiger partial charge in [0, 0.05) is 46.4 Å². The van der Waals surface area contributed by atoms with Crippen LogP contribution in [0.5, 0.6) is 0 Å². The van der Waals surface area contributed by atoms with Crippen LogP contribution in [-0.2, 0) is 0 Å². The zero-order valence-corrected chi connectivity index (χ0v) is 12.4. The van der Waals surface area contributed by atoms with Gasteiger partial charge in [0.2, 0.25) is 0 Å². The van der Waals surface area contributed by atoms with Crippen LogP contribution in [0.1, 0.15) is 29.9 Å². The number of nitrogens with one attached hydrogen (secondary N) is 2. The largest absolute Gasteiger partial charge is 0.306 e. The van der Waals surface area contributed by atoms with E-state index in [0.717, 1.165) is 5.69 Å². The predicted molar refractivity (Wildman–Crippen MR) is 78.1 cm³/mol. The van der Waals surface area contributed by atoms with Gasteiger partial charge >= 0.3 is 0 Å². The number of aromatic nitrogens is 2. The van der Waals surface area contributed by atoms with Crippen molar-refractivity contribution in [3.8, 4) is 0 Å². The third-order valence-electron chi connectivity index (χ3n) is 3.11. The van der Waals surface area contributed by atoms with Crippen molar-refractivity contribution in [1.29, 1.82) is 0 Å². The van der Waals surface area contributed by atoms with Gasteiger partial charge in [-0.25, -0.2) is 0 Å². The van der Waals surface area contributed by atoms with E-state index >= 15 is 0 Å². The van der Waals surface area contributed by atoms with Crippen LogP contribution in [0.4, 0.5) is 0 Å². The van der Waals surface area contributed by atoms with Gasteiger partial charge in [0.05, 0.1) is 5.69 Å². The van der Waals surface area contributed by atoms with E-state index < -0.39 is 0 Å². The van der Waals surface area contributed by atoms with Crippen molar-refractivity contribution < 1.29 is 0 Å². The first-order chi connectivity index (χ1) is 8.18. The summed E-state index contributed by atoms with van der Waals surface area (Å²) in [6.07, 6.45) is 0. The molecule has 2 rings (SSSR count). The summed E-state index contributed by atoms with van der Waals surface area (Å²) < 4.78 is 0. The Bertz CT molecular complexity index is 337. The topological polar surface area (TPSA) is 40.7 Å². The molecule has 0 saturated carbocycles. The van der Waals surface area contributed by atoms with Gasteiger partial charge in [-0.3, -0.25) is 5.10 Å². The molecule has 2 heterocycles. The quantitative estimate of drug-likeness (QED) is 0.886. The molecule has 96 valence electrons. The first-order valence-electron chi connectivity index (χ1n) is 6.11. The van der Waals surface area contributed by atoms with Crippen LogP contribution in [0.25, 0.3) is 0 Å². The average molecular weight is 271 g/mol. The summed E-state index contributed by atoms with van der Waals surface area (Å²) >= 11 is 4.13. The highest BCUT2D eigenvalue weighted by Gasteiger charge is 2.19. The Morgan fingerprint density at radius 1 is 1.29 bits per heavy atom. The highest BCUT2D eigenvalue weighted by Crippen LogP contribution is 2.22. The minimum atomic E-state index is 0.387. The molecule has 0 amide bonds. The van der Waals surface area contributed by atoms with Gasteiger partial charge in [0.1, 0.15) is 0 Å². The van der Waals surface area contributed by atoms with Gasteiger partial charge in [0.15, 0.2) is 0 Å². The SMILES string of the molecule is Cc1n[nH]c(C)c1C(C)NC1CSCCSC1. The highest BCUT2D eigenvalue weighted by atomic mass is 32.2. The molecule has 0 aliphatic carbocycles. The first-order valence-corrected chi connectivity index (χ1v) is 8.42. The van der Waals surface area contributed by atoms with Crippen LogP contribution >= 0.6 is 23.5 Å². The molecule has 0 aromatic carbocycles. The molecule has 1 atom stereocenters. The summed E-state index contributed by atoms with van der Waals surface area (Å²) in [5.74, 6) is 5.04. The highest BCUT2D eigenvalue weighted by molar-refractivity contribution is 8.03. The van der Waals surface area contributed by atoms with E-state index in [-0.39, 0.29) is 0 Å². The summed E-state index contributed by atoms with van der Waals surface area (Å²) in [5, 5.41) is 11.1. The summed E-state index contributed by atoms with van der Waals surface area (Å²) in [6, 6.07) is 1.01. The van der Waals surface area contributed by atoms with Gasteiger partial charge in [-0.2, -0.15) is 28.6 Å². The Morgan fingerprint density at radius 3 is 2.47 bits per heavy atom. The van der Waals surface area contributed by atoms with Crippen molar-refractivity contribution in [3.05, 3.63) is 17.0 Å². The maximum absolute atomic E-state index is 4.27. The lowest BCUT2D eigenvalue weighted by atomic mass is 10.1. The Hall–Kier alpha value is -0.130. The summed E-state index contributed by atoms with van der Waals surface area (Å²) in [6.45, 7) is 6.42. The van der Waals surface area contributed by atoms with E-state index in [0.29, 0.717) is 12.1 Å². The predicted octanol–water partition coefficient (Wildman–Crippen LogP) is 2.53. The Balaban J connectivity index is 1.98. The molecule has 1 aromatic rings. The van der Waals surface area contributed by atoms with E-state index in [9.17, 15) is 0 Å². The van der Waals surface area contributed by atoms with Crippen LogP contribution < -0.4 is 5.32 Å². The van der Waals surface area contributed by atoms with Crippen molar-refractivity contribution >= 4 is 23.5 Å². The number of aryl methyl sites for hydroxylation is 2. The average Bonchev–Trinajstić information content (AvgIpc) is 2.53. The Morgan fingerprint density at radius 2 is 1.94 bits per heavy atom. The van der Waals surface area contributed by atoms with Crippen molar-refractivity contribution in [3.63, 3.8) is 0 Å². The van der Waals surface area contributed by atoms with Gasteiger partial charge in [-0.05, 0) is 20.8 Å². The minimum absolute atomic E-state index is 0.387. The lowest BCUT2D eigenvalue weighted by Gasteiger charge is -2.21.